The lowest BCUT2D eigenvalue weighted by Gasteiger charge is -2.26. The summed E-state index contributed by atoms with van der Waals surface area (Å²) >= 11 is 0. The SMILES string of the molecule is CC(N)(NS(=O)(=O)c1ccccc1)c1ccc(C(=O)Nc2ccncc2)cc1. The molecule has 0 radical (unpaired) electrons. The zero-order chi connectivity index (χ0) is 20.2. The van der Waals surface area contributed by atoms with Crippen LogP contribution in [0.3, 0.4) is 0 Å². The number of nitrogens with one attached hydrogen (secondary N) is 2. The first-order valence-corrected chi connectivity index (χ1v) is 9.96. The fraction of sp³-hybridized carbons (Fsp3) is 0.100. The number of carbonyl (C=O) groups excluding carboxylic acids is 1. The van der Waals surface area contributed by atoms with Crippen LogP contribution in [-0.4, -0.2) is 19.3 Å². The third kappa shape index (κ3) is 4.61. The van der Waals surface area contributed by atoms with E-state index in [4.69, 9.17) is 5.73 Å². The van der Waals surface area contributed by atoms with Gasteiger partial charge in [0.25, 0.3) is 5.91 Å². The van der Waals surface area contributed by atoms with E-state index in [1.165, 1.54) is 12.1 Å². The second kappa shape index (κ2) is 7.89. The third-order valence-electron chi connectivity index (χ3n) is 4.08. The van der Waals surface area contributed by atoms with Gasteiger partial charge in [-0.2, -0.15) is 4.72 Å². The number of rotatable bonds is 6. The average Bonchev–Trinajstić information content (AvgIpc) is 2.69. The molecule has 3 rings (SSSR count). The number of nitrogens with two attached hydrogens (primary N) is 1. The number of anilines is 1. The largest absolute Gasteiger partial charge is 0.322 e. The van der Waals surface area contributed by atoms with Crippen LogP contribution in [0.25, 0.3) is 0 Å². The number of benzene rings is 2. The van der Waals surface area contributed by atoms with E-state index in [1.54, 1.807) is 73.9 Å². The van der Waals surface area contributed by atoms with Crippen molar-refractivity contribution in [3.05, 3.63) is 90.3 Å². The summed E-state index contributed by atoms with van der Waals surface area (Å²) in [6.07, 6.45) is 3.16. The zero-order valence-electron chi connectivity index (χ0n) is 15.2. The molecule has 3 aromatic rings. The highest BCUT2D eigenvalue weighted by molar-refractivity contribution is 7.89. The normalized spacial score (nSPS) is 13.5. The van der Waals surface area contributed by atoms with Crippen LogP contribution in [0.5, 0.6) is 0 Å². The summed E-state index contributed by atoms with van der Waals surface area (Å²) in [7, 11) is -3.79. The molecule has 0 spiro atoms. The summed E-state index contributed by atoms with van der Waals surface area (Å²) < 4.78 is 27.6. The number of nitrogens with zero attached hydrogens (tertiary/aromatic N) is 1. The van der Waals surface area contributed by atoms with Gasteiger partial charge in [0, 0.05) is 23.6 Å². The molecule has 1 amide bonds. The first-order valence-electron chi connectivity index (χ1n) is 8.48. The molecule has 1 atom stereocenters. The molecule has 0 bridgehead atoms. The maximum absolute atomic E-state index is 12.5. The molecule has 144 valence electrons. The Morgan fingerprint density at radius 3 is 2.18 bits per heavy atom. The van der Waals surface area contributed by atoms with Crippen molar-refractivity contribution < 1.29 is 13.2 Å². The van der Waals surface area contributed by atoms with Crippen molar-refractivity contribution in [3.63, 3.8) is 0 Å². The van der Waals surface area contributed by atoms with E-state index in [2.05, 4.69) is 15.0 Å². The van der Waals surface area contributed by atoms with E-state index in [1.807, 2.05) is 0 Å². The van der Waals surface area contributed by atoms with Crippen LogP contribution in [-0.2, 0) is 15.7 Å². The molecule has 0 saturated carbocycles. The van der Waals surface area contributed by atoms with E-state index >= 15 is 0 Å². The Morgan fingerprint density at radius 2 is 1.57 bits per heavy atom. The van der Waals surface area contributed by atoms with Gasteiger partial charge in [-0.3, -0.25) is 9.78 Å². The number of amides is 1. The molecule has 0 aliphatic carbocycles. The van der Waals surface area contributed by atoms with Crippen LogP contribution >= 0.6 is 0 Å². The summed E-state index contributed by atoms with van der Waals surface area (Å²) in [6, 6.07) is 17.8. The van der Waals surface area contributed by atoms with Gasteiger partial charge in [0.2, 0.25) is 10.0 Å². The van der Waals surface area contributed by atoms with Gasteiger partial charge in [0.05, 0.1) is 4.90 Å². The minimum absolute atomic E-state index is 0.125. The monoisotopic (exact) mass is 396 g/mol. The molecule has 0 fully saturated rings. The van der Waals surface area contributed by atoms with E-state index in [0.29, 0.717) is 16.8 Å². The number of carbonyl (C=O) groups is 1. The van der Waals surface area contributed by atoms with Crippen LogP contribution in [0.15, 0.2) is 84.0 Å². The van der Waals surface area contributed by atoms with Crippen LogP contribution in [0.1, 0.15) is 22.8 Å². The molecule has 0 aliphatic rings. The molecule has 8 heteroatoms. The van der Waals surface area contributed by atoms with Gasteiger partial charge in [-0.15, -0.1) is 0 Å². The Bertz CT molecular complexity index is 1050. The lowest BCUT2D eigenvalue weighted by atomic mass is 10.0. The van der Waals surface area contributed by atoms with Crippen LogP contribution in [0.2, 0.25) is 0 Å². The van der Waals surface area contributed by atoms with Gasteiger partial charge in [0.15, 0.2) is 0 Å². The van der Waals surface area contributed by atoms with Crippen LogP contribution in [0.4, 0.5) is 5.69 Å². The Balaban J connectivity index is 1.75. The van der Waals surface area contributed by atoms with Gasteiger partial charge in [-0.25, -0.2) is 8.42 Å². The fourth-order valence-corrected chi connectivity index (χ4v) is 3.91. The summed E-state index contributed by atoms with van der Waals surface area (Å²) in [4.78, 5) is 16.3. The number of hydrogen-bond acceptors (Lipinski definition) is 5. The Hall–Kier alpha value is -3.07. The molecule has 28 heavy (non-hydrogen) atoms. The summed E-state index contributed by atoms with van der Waals surface area (Å²) in [5.74, 6) is -0.290. The van der Waals surface area contributed by atoms with Crippen LogP contribution < -0.4 is 15.8 Å². The first-order chi connectivity index (χ1) is 13.3. The topological polar surface area (TPSA) is 114 Å². The van der Waals surface area contributed by atoms with E-state index < -0.39 is 15.7 Å². The Labute approximate surface area is 163 Å². The maximum atomic E-state index is 12.5. The highest BCUT2D eigenvalue weighted by Gasteiger charge is 2.28. The standard InChI is InChI=1S/C20H20N4O3S/c1-20(21,24-28(26,27)18-5-3-2-4-6-18)16-9-7-15(8-10-16)19(25)23-17-11-13-22-14-12-17/h2-14,24H,21H2,1H3,(H,22,23,25). The highest BCUT2D eigenvalue weighted by atomic mass is 32.2. The molecule has 1 aromatic heterocycles. The molecular formula is C20H20N4O3S. The van der Waals surface area contributed by atoms with E-state index in [9.17, 15) is 13.2 Å². The first kappa shape index (κ1) is 19.7. The quantitative estimate of drug-likeness (QED) is 0.554. The van der Waals surface area contributed by atoms with Gasteiger partial charge >= 0.3 is 0 Å². The molecule has 2 aromatic carbocycles. The Kier molecular flexibility index (Phi) is 5.55. The molecular weight excluding hydrogens is 376 g/mol. The van der Waals surface area contributed by atoms with E-state index in [0.717, 1.165) is 0 Å². The fourth-order valence-electron chi connectivity index (χ4n) is 2.60. The minimum atomic E-state index is -3.79. The Morgan fingerprint density at radius 1 is 0.964 bits per heavy atom. The van der Waals surface area contributed by atoms with Crippen molar-refractivity contribution in [1.82, 2.24) is 9.71 Å². The van der Waals surface area contributed by atoms with Gasteiger partial charge < -0.3 is 11.1 Å². The molecule has 4 N–H and O–H groups in total. The zero-order valence-corrected chi connectivity index (χ0v) is 16.0. The molecule has 7 nitrogen and oxygen atoms in total. The van der Waals surface area contributed by atoms with Crippen molar-refractivity contribution in [2.75, 3.05) is 5.32 Å². The van der Waals surface area contributed by atoms with Gasteiger partial charge in [-0.05, 0) is 48.9 Å². The van der Waals surface area contributed by atoms with Gasteiger partial charge in [-0.1, -0.05) is 30.3 Å². The summed E-state index contributed by atoms with van der Waals surface area (Å²) in [5, 5.41) is 2.75. The molecule has 0 aliphatic heterocycles. The van der Waals surface area contributed by atoms with Crippen molar-refractivity contribution in [3.8, 4) is 0 Å². The van der Waals surface area contributed by atoms with Gasteiger partial charge in [0.1, 0.15) is 5.66 Å². The lowest BCUT2D eigenvalue weighted by molar-refractivity contribution is 0.102. The summed E-state index contributed by atoms with van der Waals surface area (Å²) in [5.41, 5.74) is 6.43. The molecule has 1 heterocycles. The second-order valence-corrected chi connectivity index (χ2v) is 8.07. The smallest absolute Gasteiger partial charge is 0.255 e. The van der Waals surface area contributed by atoms with Crippen molar-refractivity contribution in [2.24, 2.45) is 5.73 Å². The number of pyridine rings is 1. The second-order valence-electron chi connectivity index (χ2n) is 6.39. The molecule has 1 unspecified atom stereocenters. The number of aromatic nitrogens is 1. The predicted octanol–water partition coefficient (Wildman–Crippen LogP) is 2.44. The number of hydrogen-bond donors (Lipinski definition) is 3. The van der Waals surface area contributed by atoms with Crippen molar-refractivity contribution >= 4 is 21.6 Å². The van der Waals surface area contributed by atoms with E-state index in [-0.39, 0.29) is 10.8 Å². The summed E-state index contributed by atoms with van der Waals surface area (Å²) in [6.45, 7) is 1.56. The highest BCUT2D eigenvalue weighted by Crippen LogP contribution is 2.20. The van der Waals surface area contributed by atoms with Crippen molar-refractivity contribution in [2.45, 2.75) is 17.5 Å². The number of sulfonamides is 1. The molecule has 0 saturated heterocycles. The minimum Gasteiger partial charge on any atom is -0.322 e. The average molecular weight is 396 g/mol. The maximum Gasteiger partial charge on any atom is 0.255 e. The lowest BCUT2D eigenvalue weighted by Crippen LogP contribution is -2.50. The van der Waals surface area contributed by atoms with Crippen molar-refractivity contribution in [1.29, 1.82) is 0 Å². The predicted molar refractivity (Wildman–Crippen MR) is 107 cm³/mol. The van der Waals surface area contributed by atoms with Crippen LogP contribution in [0, 0.1) is 0 Å². The third-order valence-corrected chi connectivity index (χ3v) is 5.67.